The Balaban J connectivity index is 1.56. The molecule has 0 aliphatic carbocycles. The van der Waals surface area contributed by atoms with Crippen molar-refractivity contribution in [3.63, 3.8) is 0 Å². The molecule has 1 amide bonds. The second-order valence-electron chi connectivity index (χ2n) is 7.68. The van der Waals surface area contributed by atoms with E-state index in [0.717, 1.165) is 33.3 Å². The first-order chi connectivity index (χ1) is 16.3. The summed E-state index contributed by atoms with van der Waals surface area (Å²) in [7, 11) is 1.90. The molecule has 172 valence electrons. The molecular weight excluding hydrogens is 479 g/mol. The second kappa shape index (κ2) is 8.88. The Morgan fingerprint density at radius 3 is 2.38 bits per heavy atom. The molecule has 2 aliphatic rings. The third kappa shape index (κ3) is 4.33. The van der Waals surface area contributed by atoms with Crippen LogP contribution in [0.3, 0.4) is 0 Å². The Morgan fingerprint density at radius 1 is 0.912 bits per heavy atom. The zero-order chi connectivity index (χ0) is 23.9. The SMILES string of the molecule is CN1/C(=C2/S/C(=N/c3cccc(C(F)(F)F)c3)N(Cc3ccccc3)C2=O)Sc2ccccc21. The topological polar surface area (TPSA) is 35.9 Å². The summed E-state index contributed by atoms with van der Waals surface area (Å²) in [6.07, 6.45) is -4.47. The number of rotatable bonds is 3. The van der Waals surface area contributed by atoms with Crippen LogP contribution in [0.1, 0.15) is 11.1 Å². The Kier molecular flexibility index (Phi) is 5.91. The summed E-state index contributed by atoms with van der Waals surface area (Å²) in [5.41, 5.74) is 1.26. The summed E-state index contributed by atoms with van der Waals surface area (Å²) in [5, 5.41) is 1.13. The van der Waals surface area contributed by atoms with Crippen LogP contribution in [0, 0.1) is 0 Å². The number of fused-ring (bicyclic) bond motifs is 1. The lowest BCUT2D eigenvalue weighted by molar-refractivity contribution is -0.137. The molecule has 4 nitrogen and oxygen atoms in total. The number of para-hydroxylation sites is 1. The third-order valence-electron chi connectivity index (χ3n) is 5.38. The van der Waals surface area contributed by atoms with E-state index in [-0.39, 0.29) is 18.1 Å². The quantitative estimate of drug-likeness (QED) is 0.370. The first-order valence-electron chi connectivity index (χ1n) is 10.4. The minimum Gasteiger partial charge on any atom is -0.337 e. The molecule has 0 bridgehead atoms. The number of hydrogen-bond donors (Lipinski definition) is 0. The number of aliphatic imine (C=N–C) groups is 1. The van der Waals surface area contributed by atoms with Crippen molar-refractivity contribution in [1.29, 1.82) is 0 Å². The molecule has 0 spiro atoms. The molecular formula is C25H18F3N3OS2. The lowest BCUT2D eigenvalue weighted by atomic mass is 10.2. The molecule has 0 radical (unpaired) electrons. The Hall–Kier alpha value is -3.17. The van der Waals surface area contributed by atoms with Gasteiger partial charge in [-0.1, -0.05) is 60.3 Å². The molecule has 0 saturated carbocycles. The van der Waals surface area contributed by atoms with E-state index < -0.39 is 11.7 Å². The van der Waals surface area contributed by atoms with Crippen molar-refractivity contribution in [3.8, 4) is 0 Å². The molecule has 9 heteroatoms. The summed E-state index contributed by atoms with van der Waals surface area (Å²) >= 11 is 2.69. The minimum absolute atomic E-state index is 0.144. The molecule has 5 rings (SSSR count). The van der Waals surface area contributed by atoms with Gasteiger partial charge >= 0.3 is 6.18 Å². The van der Waals surface area contributed by atoms with Gasteiger partial charge in [0, 0.05) is 11.9 Å². The molecule has 2 heterocycles. The number of hydrogen-bond acceptors (Lipinski definition) is 5. The fraction of sp³-hybridized carbons (Fsp3) is 0.120. The molecule has 0 N–H and O–H groups in total. The molecule has 1 fully saturated rings. The Labute approximate surface area is 203 Å². The average molecular weight is 498 g/mol. The number of anilines is 1. The van der Waals surface area contributed by atoms with Crippen LogP contribution in [0.2, 0.25) is 0 Å². The smallest absolute Gasteiger partial charge is 0.337 e. The van der Waals surface area contributed by atoms with Crippen LogP contribution in [0.5, 0.6) is 0 Å². The Morgan fingerprint density at radius 2 is 1.65 bits per heavy atom. The summed E-state index contributed by atoms with van der Waals surface area (Å²) in [6, 6.07) is 22.1. The number of benzene rings is 3. The number of halogens is 3. The Bertz CT molecular complexity index is 1320. The number of alkyl halides is 3. The van der Waals surface area contributed by atoms with Crippen molar-refractivity contribution in [3.05, 3.63) is 99.9 Å². The lowest BCUT2D eigenvalue weighted by Gasteiger charge is -2.17. The number of amidine groups is 1. The van der Waals surface area contributed by atoms with Crippen LogP contribution < -0.4 is 4.90 Å². The van der Waals surface area contributed by atoms with Gasteiger partial charge in [0.05, 0.1) is 28.5 Å². The first-order valence-corrected chi connectivity index (χ1v) is 12.0. The van der Waals surface area contributed by atoms with Gasteiger partial charge in [-0.25, -0.2) is 4.99 Å². The first kappa shape index (κ1) is 22.6. The van der Waals surface area contributed by atoms with E-state index in [1.165, 1.54) is 40.6 Å². The van der Waals surface area contributed by atoms with Gasteiger partial charge in [-0.15, -0.1) is 0 Å². The van der Waals surface area contributed by atoms with E-state index in [2.05, 4.69) is 4.99 Å². The van der Waals surface area contributed by atoms with E-state index in [1.807, 2.05) is 66.5 Å². The number of thioether (sulfide) groups is 2. The second-order valence-corrected chi connectivity index (χ2v) is 9.69. The molecule has 0 aromatic heterocycles. The van der Waals surface area contributed by atoms with E-state index >= 15 is 0 Å². The van der Waals surface area contributed by atoms with Gasteiger partial charge in [0.15, 0.2) is 5.17 Å². The fourth-order valence-corrected chi connectivity index (χ4v) is 6.03. The maximum Gasteiger partial charge on any atom is 0.416 e. The molecule has 0 unspecified atom stereocenters. The molecule has 1 saturated heterocycles. The highest BCUT2D eigenvalue weighted by molar-refractivity contribution is 8.19. The van der Waals surface area contributed by atoms with Gasteiger partial charge in [-0.2, -0.15) is 13.2 Å². The molecule has 2 aliphatic heterocycles. The number of amides is 1. The number of nitrogens with zero attached hydrogens (tertiary/aromatic N) is 3. The van der Waals surface area contributed by atoms with Gasteiger partial charge in [-0.05, 0) is 47.7 Å². The van der Waals surface area contributed by atoms with Crippen molar-refractivity contribution < 1.29 is 18.0 Å². The van der Waals surface area contributed by atoms with Crippen LogP contribution in [0.25, 0.3) is 0 Å². The number of carbonyl (C=O) groups excluding carboxylic acids is 1. The molecule has 3 aromatic carbocycles. The zero-order valence-corrected chi connectivity index (χ0v) is 19.5. The van der Waals surface area contributed by atoms with Crippen LogP contribution in [-0.4, -0.2) is 23.0 Å². The zero-order valence-electron chi connectivity index (χ0n) is 17.9. The lowest BCUT2D eigenvalue weighted by Crippen LogP contribution is -2.29. The van der Waals surface area contributed by atoms with Gasteiger partial charge in [0.1, 0.15) is 4.91 Å². The van der Waals surface area contributed by atoms with Gasteiger partial charge < -0.3 is 4.90 Å². The summed E-state index contributed by atoms with van der Waals surface area (Å²) in [4.78, 5) is 23.1. The maximum absolute atomic E-state index is 13.6. The third-order valence-corrected chi connectivity index (χ3v) is 7.81. The van der Waals surface area contributed by atoms with Crippen molar-refractivity contribution in [2.24, 2.45) is 4.99 Å². The minimum atomic E-state index is -4.47. The van der Waals surface area contributed by atoms with Crippen molar-refractivity contribution >= 4 is 46.0 Å². The highest BCUT2D eigenvalue weighted by atomic mass is 32.2. The van der Waals surface area contributed by atoms with Crippen LogP contribution in [0.15, 0.2) is 98.7 Å². The predicted molar refractivity (Wildman–Crippen MR) is 131 cm³/mol. The monoisotopic (exact) mass is 497 g/mol. The van der Waals surface area contributed by atoms with E-state index in [9.17, 15) is 18.0 Å². The van der Waals surface area contributed by atoms with E-state index in [0.29, 0.717) is 10.1 Å². The van der Waals surface area contributed by atoms with Crippen LogP contribution in [-0.2, 0) is 17.5 Å². The van der Waals surface area contributed by atoms with Crippen molar-refractivity contribution in [1.82, 2.24) is 4.90 Å². The average Bonchev–Trinajstić information content (AvgIpc) is 3.31. The predicted octanol–water partition coefficient (Wildman–Crippen LogP) is 6.88. The van der Waals surface area contributed by atoms with E-state index in [4.69, 9.17) is 0 Å². The maximum atomic E-state index is 13.6. The van der Waals surface area contributed by atoms with Crippen LogP contribution in [0.4, 0.5) is 24.5 Å². The highest BCUT2D eigenvalue weighted by Gasteiger charge is 2.39. The van der Waals surface area contributed by atoms with Crippen molar-refractivity contribution in [2.45, 2.75) is 17.6 Å². The summed E-state index contributed by atoms with van der Waals surface area (Å²) in [6.45, 7) is 0.266. The molecule has 3 aromatic rings. The standard InChI is InChI=1S/C25H18F3N3OS2/c1-30-19-12-5-6-13-20(19)33-23(30)21-22(32)31(15-16-8-3-2-4-9-16)24(34-21)29-18-11-7-10-17(14-18)25(26,27)28/h2-14H,15H2,1H3/b23-21-,29-24+. The van der Waals surface area contributed by atoms with E-state index in [1.54, 1.807) is 0 Å². The normalized spacial score (nSPS) is 19.3. The summed E-state index contributed by atoms with van der Waals surface area (Å²) < 4.78 is 39.6. The van der Waals surface area contributed by atoms with Crippen molar-refractivity contribution in [2.75, 3.05) is 11.9 Å². The summed E-state index contributed by atoms with van der Waals surface area (Å²) in [5.74, 6) is -0.221. The molecule has 34 heavy (non-hydrogen) atoms. The van der Waals surface area contributed by atoms with Gasteiger partial charge in [0.2, 0.25) is 0 Å². The largest absolute Gasteiger partial charge is 0.416 e. The molecule has 0 atom stereocenters. The number of carbonyl (C=O) groups is 1. The van der Waals surface area contributed by atoms with Gasteiger partial charge in [-0.3, -0.25) is 9.69 Å². The highest BCUT2D eigenvalue weighted by Crippen LogP contribution is 2.50. The van der Waals surface area contributed by atoms with Gasteiger partial charge in [0.25, 0.3) is 5.91 Å². The fourth-order valence-electron chi connectivity index (χ4n) is 3.69. The van der Waals surface area contributed by atoms with Crippen LogP contribution >= 0.6 is 23.5 Å².